The first-order chi connectivity index (χ1) is 8.58. The Kier molecular flexibility index (Phi) is 3.30. The number of aliphatic hydroxyl groups excluding tert-OH is 1. The maximum absolute atomic E-state index is 12.0. The summed E-state index contributed by atoms with van der Waals surface area (Å²) >= 11 is 0. The molecule has 0 aliphatic rings. The van der Waals surface area contributed by atoms with Gasteiger partial charge in [0.15, 0.2) is 5.78 Å². The van der Waals surface area contributed by atoms with Gasteiger partial charge in [-0.05, 0) is 42.0 Å². The number of ketones is 1. The minimum atomic E-state index is -1.33. The Bertz CT molecular complexity index is 560. The summed E-state index contributed by atoms with van der Waals surface area (Å²) in [7, 11) is 0. The Balaban J connectivity index is 2.26. The van der Waals surface area contributed by atoms with Crippen LogP contribution >= 0.6 is 0 Å². The van der Waals surface area contributed by atoms with Gasteiger partial charge in [-0.1, -0.05) is 12.1 Å². The summed E-state index contributed by atoms with van der Waals surface area (Å²) in [5.41, 5.74) is 0.622. The highest BCUT2D eigenvalue weighted by Gasteiger charge is 2.19. The van der Waals surface area contributed by atoms with Gasteiger partial charge in [0, 0.05) is 5.56 Å². The Hall–Kier alpha value is -2.33. The van der Waals surface area contributed by atoms with E-state index in [1.54, 1.807) is 12.1 Å². The molecule has 0 bridgehead atoms. The number of phenolic OH excluding ortho intramolecular Hbond substituents is 2. The fourth-order valence-corrected chi connectivity index (χ4v) is 1.63. The maximum Gasteiger partial charge on any atom is 0.195 e. The Morgan fingerprint density at radius 2 is 1.61 bits per heavy atom. The standard InChI is InChI=1S/C14H12O4/c15-11-6-4-9(5-7-11)13(17)14(18)10-2-1-3-12(16)8-10/h1-8,14-16,18H. The summed E-state index contributed by atoms with van der Waals surface area (Å²) in [6.07, 6.45) is -1.33. The van der Waals surface area contributed by atoms with Gasteiger partial charge in [0.2, 0.25) is 0 Å². The molecule has 0 amide bonds. The SMILES string of the molecule is O=C(c1ccc(O)cc1)C(O)c1cccc(O)c1. The summed E-state index contributed by atoms with van der Waals surface area (Å²) < 4.78 is 0. The van der Waals surface area contributed by atoms with Gasteiger partial charge in [0.05, 0.1) is 0 Å². The third-order valence-electron chi connectivity index (χ3n) is 2.59. The average Bonchev–Trinajstić information content (AvgIpc) is 2.38. The largest absolute Gasteiger partial charge is 0.508 e. The van der Waals surface area contributed by atoms with E-state index in [0.717, 1.165) is 0 Å². The van der Waals surface area contributed by atoms with E-state index >= 15 is 0 Å². The van der Waals surface area contributed by atoms with Crippen molar-refractivity contribution in [2.24, 2.45) is 0 Å². The number of aromatic hydroxyl groups is 2. The van der Waals surface area contributed by atoms with Crippen LogP contribution in [0.25, 0.3) is 0 Å². The molecular weight excluding hydrogens is 232 g/mol. The molecule has 3 N–H and O–H groups in total. The van der Waals surface area contributed by atoms with E-state index < -0.39 is 11.9 Å². The van der Waals surface area contributed by atoms with Crippen molar-refractivity contribution >= 4 is 5.78 Å². The van der Waals surface area contributed by atoms with Crippen molar-refractivity contribution < 1.29 is 20.1 Å². The van der Waals surface area contributed by atoms with Crippen LogP contribution in [-0.2, 0) is 0 Å². The molecule has 2 aromatic rings. The summed E-state index contributed by atoms with van der Waals surface area (Å²) in [5.74, 6) is -0.441. The first-order valence-corrected chi connectivity index (χ1v) is 5.38. The van der Waals surface area contributed by atoms with Gasteiger partial charge in [-0.25, -0.2) is 0 Å². The van der Waals surface area contributed by atoms with Gasteiger partial charge >= 0.3 is 0 Å². The second-order valence-electron chi connectivity index (χ2n) is 3.91. The van der Waals surface area contributed by atoms with E-state index in [1.165, 1.54) is 36.4 Å². The fourth-order valence-electron chi connectivity index (χ4n) is 1.63. The summed E-state index contributed by atoms with van der Waals surface area (Å²) in [6, 6.07) is 11.5. The van der Waals surface area contributed by atoms with Gasteiger partial charge in [0.25, 0.3) is 0 Å². The van der Waals surface area contributed by atoms with E-state index in [4.69, 9.17) is 5.11 Å². The summed E-state index contributed by atoms with van der Waals surface area (Å²) in [5, 5.41) is 28.3. The molecule has 2 rings (SSSR count). The molecule has 0 saturated heterocycles. The van der Waals surface area contributed by atoms with E-state index in [-0.39, 0.29) is 11.5 Å². The van der Waals surface area contributed by atoms with Crippen molar-refractivity contribution in [2.45, 2.75) is 6.10 Å². The number of hydrogen-bond donors (Lipinski definition) is 3. The molecule has 18 heavy (non-hydrogen) atoms. The van der Waals surface area contributed by atoms with Gasteiger partial charge in [-0.3, -0.25) is 4.79 Å². The molecule has 0 saturated carbocycles. The van der Waals surface area contributed by atoms with Crippen molar-refractivity contribution in [3.05, 3.63) is 59.7 Å². The molecule has 4 nitrogen and oxygen atoms in total. The molecule has 0 radical (unpaired) electrons. The topological polar surface area (TPSA) is 77.8 Å². The number of Topliss-reactive ketones (excluding diaryl/α,β-unsaturated/α-hetero) is 1. The Morgan fingerprint density at radius 3 is 2.22 bits per heavy atom. The number of carbonyl (C=O) groups is 1. The molecule has 0 aromatic heterocycles. The lowest BCUT2D eigenvalue weighted by Gasteiger charge is -2.10. The molecular formula is C14H12O4. The number of aliphatic hydroxyl groups is 1. The van der Waals surface area contributed by atoms with Gasteiger partial charge in [-0.2, -0.15) is 0 Å². The van der Waals surface area contributed by atoms with Crippen LogP contribution in [0.15, 0.2) is 48.5 Å². The lowest BCUT2D eigenvalue weighted by atomic mass is 10.00. The maximum atomic E-state index is 12.0. The quantitative estimate of drug-likeness (QED) is 0.722. The second kappa shape index (κ2) is 4.89. The first-order valence-electron chi connectivity index (χ1n) is 5.38. The third-order valence-corrected chi connectivity index (χ3v) is 2.59. The minimum absolute atomic E-state index is 0.00921. The van der Waals surface area contributed by atoms with Crippen LogP contribution in [0.1, 0.15) is 22.0 Å². The van der Waals surface area contributed by atoms with Gasteiger partial charge < -0.3 is 15.3 Å². The molecule has 1 atom stereocenters. The van der Waals surface area contributed by atoms with Crippen LogP contribution in [0.3, 0.4) is 0 Å². The third kappa shape index (κ3) is 2.49. The van der Waals surface area contributed by atoms with Crippen LogP contribution in [-0.4, -0.2) is 21.1 Å². The molecule has 0 spiro atoms. The lowest BCUT2D eigenvalue weighted by Crippen LogP contribution is -2.12. The van der Waals surface area contributed by atoms with Gasteiger partial charge in [0.1, 0.15) is 17.6 Å². The number of rotatable bonds is 3. The zero-order valence-electron chi connectivity index (χ0n) is 9.45. The number of carbonyl (C=O) groups excluding carboxylic acids is 1. The Labute approximate surface area is 104 Å². The molecule has 2 aromatic carbocycles. The number of hydrogen-bond acceptors (Lipinski definition) is 4. The van der Waals surface area contributed by atoms with Gasteiger partial charge in [-0.15, -0.1) is 0 Å². The zero-order valence-corrected chi connectivity index (χ0v) is 9.45. The summed E-state index contributed by atoms with van der Waals surface area (Å²) in [4.78, 5) is 12.0. The van der Waals surface area contributed by atoms with E-state index in [2.05, 4.69) is 0 Å². The van der Waals surface area contributed by atoms with Crippen LogP contribution in [0.4, 0.5) is 0 Å². The molecule has 1 unspecified atom stereocenters. The molecule has 0 aliphatic heterocycles. The highest BCUT2D eigenvalue weighted by atomic mass is 16.3. The van der Waals surface area contributed by atoms with E-state index in [0.29, 0.717) is 11.1 Å². The van der Waals surface area contributed by atoms with Crippen LogP contribution < -0.4 is 0 Å². The van der Waals surface area contributed by atoms with Crippen LogP contribution in [0, 0.1) is 0 Å². The highest BCUT2D eigenvalue weighted by Crippen LogP contribution is 2.22. The first kappa shape index (κ1) is 12.1. The second-order valence-corrected chi connectivity index (χ2v) is 3.91. The molecule has 4 heteroatoms. The molecule has 92 valence electrons. The Morgan fingerprint density at radius 1 is 0.944 bits per heavy atom. The molecule has 0 aliphatic carbocycles. The smallest absolute Gasteiger partial charge is 0.195 e. The van der Waals surface area contributed by atoms with E-state index in [1.807, 2.05) is 0 Å². The number of benzene rings is 2. The monoisotopic (exact) mass is 244 g/mol. The predicted octanol–water partition coefficient (Wildman–Crippen LogP) is 2.01. The van der Waals surface area contributed by atoms with Crippen LogP contribution in [0.2, 0.25) is 0 Å². The molecule has 0 heterocycles. The zero-order chi connectivity index (χ0) is 13.1. The predicted molar refractivity (Wildman–Crippen MR) is 65.5 cm³/mol. The van der Waals surface area contributed by atoms with Crippen molar-refractivity contribution in [1.82, 2.24) is 0 Å². The van der Waals surface area contributed by atoms with Crippen molar-refractivity contribution in [1.29, 1.82) is 0 Å². The minimum Gasteiger partial charge on any atom is -0.508 e. The van der Waals surface area contributed by atoms with Crippen LogP contribution in [0.5, 0.6) is 11.5 Å². The lowest BCUT2D eigenvalue weighted by molar-refractivity contribution is 0.0747. The summed E-state index contributed by atoms with van der Waals surface area (Å²) in [6.45, 7) is 0. The average molecular weight is 244 g/mol. The van der Waals surface area contributed by atoms with Crippen molar-refractivity contribution in [3.63, 3.8) is 0 Å². The van der Waals surface area contributed by atoms with Crippen molar-refractivity contribution in [3.8, 4) is 11.5 Å². The van der Waals surface area contributed by atoms with E-state index in [9.17, 15) is 15.0 Å². The van der Waals surface area contributed by atoms with Crippen molar-refractivity contribution in [2.75, 3.05) is 0 Å². The highest BCUT2D eigenvalue weighted by molar-refractivity contribution is 5.99. The number of phenols is 2. The fraction of sp³-hybridized carbons (Fsp3) is 0.0714. The normalized spacial score (nSPS) is 12.1. The molecule has 0 fully saturated rings.